The van der Waals surface area contributed by atoms with Gasteiger partial charge in [0.2, 0.25) is 11.2 Å². The highest BCUT2D eigenvalue weighted by Crippen LogP contribution is 2.36. The van der Waals surface area contributed by atoms with Crippen molar-refractivity contribution in [3.8, 4) is 11.3 Å². The van der Waals surface area contributed by atoms with Gasteiger partial charge in [0.05, 0.1) is 16.5 Å². The molecule has 2 aromatic carbocycles. The molecule has 1 aromatic heterocycles. The van der Waals surface area contributed by atoms with Gasteiger partial charge in [0, 0.05) is 17.8 Å². The Kier molecular flexibility index (Phi) is 4.52. The van der Waals surface area contributed by atoms with Crippen LogP contribution in [0.3, 0.4) is 0 Å². The number of hydrogen-bond acceptors (Lipinski definition) is 1. The molecule has 0 radical (unpaired) electrons. The third-order valence-corrected chi connectivity index (χ3v) is 3.58. The Morgan fingerprint density at radius 3 is 2.35 bits per heavy atom. The maximum Gasteiger partial charge on any atom is 0.417 e. The molecule has 0 aliphatic heterocycles. The zero-order valence-electron chi connectivity index (χ0n) is 12.2. The van der Waals surface area contributed by atoms with E-state index in [9.17, 15) is 13.2 Å². The summed E-state index contributed by atoms with van der Waals surface area (Å²) < 4.78 is 40.2. The van der Waals surface area contributed by atoms with Crippen LogP contribution in [0.15, 0.2) is 48.5 Å². The minimum absolute atomic E-state index is 0. The van der Waals surface area contributed by atoms with E-state index in [1.165, 1.54) is 6.07 Å². The van der Waals surface area contributed by atoms with Crippen LogP contribution < -0.4 is 10.7 Å². The molecular formula is C17H15ClF3N2+. The zero-order valence-corrected chi connectivity index (χ0v) is 13.1. The number of pyridine rings is 1. The first-order chi connectivity index (χ1) is 10.4. The highest BCUT2D eigenvalue weighted by Gasteiger charge is 2.35. The standard InChI is InChI=1S/C17H13F3N2.ClH/c1-10-6-7-15-12(8-10)13(17(18,19)20)9-16(22-15)11-4-2-3-5-14(11)21;/h2-9H,21H2,1H3;1H/p+1. The quantitative estimate of drug-likeness (QED) is 0.644. The van der Waals surface area contributed by atoms with Gasteiger partial charge in [-0.05, 0) is 25.1 Å². The molecule has 0 amide bonds. The number of benzene rings is 2. The zero-order chi connectivity index (χ0) is 15.9. The number of para-hydroxylation sites is 1. The molecule has 3 aromatic rings. The number of aromatic amines is 1. The van der Waals surface area contributed by atoms with Crippen LogP contribution in [0.5, 0.6) is 0 Å². The molecular weight excluding hydrogens is 325 g/mol. The number of alkyl halides is 3. The highest BCUT2D eigenvalue weighted by atomic mass is 35.5. The number of hydrogen-bond donors (Lipinski definition) is 1. The van der Waals surface area contributed by atoms with Crippen LogP contribution in [0, 0.1) is 6.92 Å². The Bertz CT molecular complexity index is 860. The summed E-state index contributed by atoms with van der Waals surface area (Å²) in [6.07, 6.45) is -4.43. The fraction of sp³-hybridized carbons (Fsp3) is 0.118. The van der Waals surface area contributed by atoms with Gasteiger partial charge in [-0.25, -0.2) is 4.98 Å². The van der Waals surface area contributed by atoms with Crippen LogP contribution in [-0.4, -0.2) is 0 Å². The predicted octanol–water partition coefficient (Wildman–Crippen LogP) is 4.65. The maximum absolute atomic E-state index is 13.4. The van der Waals surface area contributed by atoms with Crippen LogP contribution in [0.4, 0.5) is 18.9 Å². The summed E-state index contributed by atoms with van der Waals surface area (Å²) in [6.45, 7) is 1.77. The Hall–Kier alpha value is -2.27. The Morgan fingerprint density at radius 2 is 1.70 bits per heavy atom. The second kappa shape index (κ2) is 6.08. The van der Waals surface area contributed by atoms with Crippen molar-refractivity contribution in [3.63, 3.8) is 0 Å². The SMILES string of the molecule is Cc1ccc2[nH+]c(-c3ccccc3N)cc(C(F)(F)F)c2c1.Cl. The first kappa shape index (κ1) is 17.1. The normalized spacial score (nSPS) is 11.3. The van der Waals surface area contributed by atoms with E-state index in [4.69, 9.17) is 5.73 Å². The average molecular weight is 340 g/mol. The lowest BCUT2D eigenvalue weighted by Gasteiger charge is -2.10. The van der Waals surface area contributed by atoms with Crippen molar-refractivity contribution >= 4 is 29.0 Å². The Labute approximate surface area is 137 Å². The minimum Gasteiger partial charge on any atom is -0.398 e. The number of aryl methyl sites for hydroxylation is 1. The molecule has 0 unspecified atom stereocenters. The molecule has 120 valence electrons. The molecule has 0 aliphatic rings. The predicted molar refractivity (Wildman–Crippen MR) is 87.3 cm³/mol. The van der Waals surface area contributed by atoms with Gasteiger partial charge < -0.3 is 5.73 Å². The van der Waals surface area contributed by atoms with Crippen molar-refractivity contribution in [2.75, 3.05) is 5.73 Å². The van der Waals surface area contributed by atoms with E-state index < -0.39 is 11.7 Å². The van der Waals surface area contributed by atoms with Gasteiger partial charge in [0.15, 0.2) is 0 Å². The molecule has 6 heteroatoms. The fourth-order valence-corrected chi connectivity index (χ4v) is 2.52. The number of fused-ring (bicyclic) bond motifs is 1. The number of halogens is 4. The van der Waals surface area contributed by atoms with Crippen molar-refractivity contribution in [1.29, 1.82) is 0 Å². The molecule has 0 fully saturated rings. The second-order valence-electron chi connectivity index (χ2n) is 5.23. The number of rotatable bonds is 1. The molecule has 0 aliphatic carbocycles. The summed E-state index contributed by atoms with van der Waals surface area (Å²) in [5.41, 5.74) is 7.75. The summed E-state index contributed by atoms with van der Waals surface area (Å²) in [7, 11) is 0. The number of anilines is 1. The number of nitrogen functional groups attached to an aromatic ring is 1. The molecule has 0 atom stereocenters. The Morgan fingerprint density at radius 1 is 1.00 bits per heavy atom. The molecule has 0 bridgehead atoms. The first-order valence-corrected chi connectivity index (χ1v) is 6.75. The number of aromatic nitrogens is 1. The van der Waals surface area contributed by atoms with E-state index in [0.717, 1.165) is 11.6 Å². The van der Waals surface area contributed by atoms with Gasteiger partial charge in [-0.15, -0.1) is 12.4 Å². The molecule has 0 saturated heterocycles. The topological polar surface area (TPSA) is 40.2 Å². The van der Waals surface area contributed by atoms with Crippen LogP contribution in [0.25, 0.3) is 22.2 Å². The van der Waals surface area contributed by atoms with Crippen LogP contribution >= 0.6 is 12.4 Å². The third kappa shape index (κ3) is 3.24. The minimum atomic E-state index is -4.43. The van der Waals surface area contributed by atoms with Gasteiger partial charge in [0.1, 0.15) is 0 Å². The van der Waals surface area contributed by atoms with Crippen LogP contribution in [0.1, 0.15) is 11.1 Å². The van der Waals surface area contributed by atoms with E-state index in [-0.39, 0.29) is 17.8 Å². The van der Waals surface area contributed by atoms with E-state index in [0.29, 0.717) is 22.5 Å². The number of H-pyrrole nitrogens is 1. The third-order valence-electron chi connectivity index (χ3n) is 3.58. The van der Waals surface area contributed by atoms with Gasteiger partial charge >= 0.3 is 6.18 Å². The number of nitrogens with two attached hydrogens (primary N) is 1. The van der Waals surface area contributed by atoms with Gasteiger partial charge in [-0.3, -0.25) is 0 Å². The lowest BCUT2D eigenvalue weighted by atomic mass is 10.0. The summed E-state index contributed by atoms with van der Waals surface area (Å²) in [6, 6.07) is 12.9. The smallest absolute Gasteiger partial charge is 0.398 e. The lowest BCUT2D eigenvalue weighted by Crippen LogP contribution is -2.15. The molecule has 3 rings (SSSR count). The largest absolute Gasteiger partial charge is 0.417 e. The number of nitrogens with one attached hydrogen (secondary N) is 1. The summed E-state index contributed by atoms with van der Waals surface area (Å²) in [4.78, 5) is 3.04. The maximum atomic E-state index is 13.4. The highest BCUT2D eigenvalue weighted by molar-refractivity contribution is 5.85. The molecule has 0 spiro atoms. The van der Waals surface area contributed by atoms with E-state index in [1.54, 1.807) is 43.3 Å². The molecule has 2 nitrogen and oxygen atoms in total. The van der Waals surface area contributed by atoms with Crippen molar-refractivity contribution in [1.82, 2.24) is 0 Å². The van der Waals surface area contributed by atoms with Crippen molar-refractivity contribution < 1.29 is 18.2 Å². The van der Waals surface area contributed by atoms with Crippen molar-refractivity contribution in [3.05, 3.63) is 59.7 Å². The summed E-state index contributed by atoms with van der Waals surface area (Å²) >= 11 is 0. The molecule has 3 N–H and O–H groups in total. The fourth-order valence-electron chi connectivity index (χ4n) is 2.52. The molecule has 0 saturated carbocycles. The second-order valence-corrected chi connectivity index (χ2v) is 5.23. The Balaban J connectivity index is 0.00000192. The lowest BCUT2D eigenvalue weighted by molar-refractivity contribution is -0.331. The average Bonchev–Trinajstić information content (AvgIpc) is 2.45. The van der Waals surface area contributed by atoms with Gasteiger partial charge in [-0.1, -0.05) is 23.8 Å². The summed E-state index contributed by atoms with van der Waals surface area (Å²) in [5.74, 6) is 0. The van der Waals surface area contributed by atoms with E-state index in [1.807, 2.05) is 0 Å². The van der Waals surface area contributed by atoms with Crippen molar-refractivity contribution in [2.45, 2.75) is 13.1 Å². The first-order valence-electron chi connectivity index (χ1n) is 6.75. The van der Waals surface area contributed by atoms with Gasteiger partial charge in [0.25, 0.3) is 0 Å². The molecule has 23 heavy (non-hydrogen) atoms. The summed E-state index contributed by atoms with van der Waals surface area (Å²) in [5, 5.41) is 0.158. The van der Waals surface area contributed by atoms with Crippen molar-refractivity contribution in [2.24, 2.45) is 0 Å². The monoisotopic (exact) mass is 339 g/mol. The van der Waals surface area contributed by atoms with E-state index >= 15 is 0 Å². The van der Waals surface area contributed by atoms with Gasteiger partial charge in [-0.2, -0.15) is 13.2 Å². The molecule has 1 heterocycles. The van der Waals surface area contributed by atoms with E-state index in [2.05, 4.69) is 4.98 Å². The van der Waals surface area contributed by atoms with Crippen LogP contribution in [0.2, 0.25) is 0 Å². The van der Waals surface area contributed by atoms with Crippen LogP contribution in [-0.2, 0) is 6.18 Å².